The second-order valence-electron chi connectivity index (χ2n) is 4.52. The molecule has 1 heterocycles. The third-order valence-electron chi connectivity index (χ3n) is 3.13. The van der Waals surface area contributed by atoms with Gasteiger partial charge in [0, 0.05) is 12.2 Å². The van der Waals surface area contributed by atoms with Crippen molar-refractivity contribution in [2.24, 2.45) is 0 Å². The number of carbonyl (C=O) groups is 1. The minimum Gasteiger partial charge on any atom is -0.478 e. The fourth-order valence-electron chi connectivity index (χ4n) is 2.14. The highest BCUT2D eigenvalue weighted by Crippen LogP contribution is 2.40. The lowest BCUT2D eigenvalue weighted by atomic mass is 10.1. The number of rotatable bonds is 4. The summed E-state index contributed by atoms with van der Waals surface area (Å²) in [5.74, 6) is 0.433. The Kier molecular flexibility index (Phi) is 3.70. The SMILES string of the molecule is O=C(O)c1ccccc1NCc1cc(Br)c2c(c1)OCO2. The molecule has 2 N–H and O–H groups in total. The zero-order valence-corrected chi connectivity index (χ0v) is 12.5. The first-order chi connectivity index (χ1) is 10.1. The molecule has 5 nitrogen and oxygen atoms in total. The van der Waals surface area contributed by atoms with Crippen molar-refractivity contribution in [3.8, 4) is 11.5 Å². The van der Waals surface area contributed by atoms with Gasteiger partial charge in [-0.05, 0) is 45.8 Å². The van der Waals surface area contributed by atoms with Crippen LogP contribution in [-0.2, 0) is 6.54 Å². The zero-order valence-electron chi connectivity index (χ0n) is 10.9. The van der Waals surface area contributed by atoms with Crippen molar-refractivity contribution in [2.75, 3.05) is 12.1 Å². The largest absolute Gasteiger partial charge is 0.478 e. The molecule has 2 aromatic rings. The number of fused-ring (bicyclic) bond motifs is 1. The molecule has 0 unspecified atom stereocenters. The quantitative estimate of drug-likeness (QED) is 0.884. The van der Waals surface area contributed by atoms with Crippen LogP contribution in [-0.4, -0.2) is 17.9 Å². The van der Waals surface area contributed by atoms with Gasteiger partial charge < -0.3 is 19.9 Å². The van der Waals surface area contributed by atoms with Gasteiger partial charge in [-0.15, -0.1) is 0 Å². The molecule has 0 saturated carbocycles. The van der Waals surface area contributed by atoms with Gasteiger partial charge in [0.05, 0.1) is 10.0 Å². The Bertz CT molecular complexity index is 702. The van der Waals surface area contributed by atoms with Gasteiger partial charge in [0.1, 0.15) is 0 Å². The third kappa shape index (κ3) is 2.80. The molecule has 1 aliphatic heterocycles. The molecule has 0 atom stereocenters. The zero-order chi connectivity index (χ0) is 14.8. The van der Waals surface area contributed by atoms with Gasteiger partial charge >= 0.3 is 5.97 Å². The first-order valence-corrected chi connectivity index (χ1v) is 7.08. The molecule has 21 heavy (non-hydrogen) atoms. The van der Waals surface area contributed by atoms with E-state index in [-0.39, 0.29) is 12.4 Å². The first-order valence-electron chi connectivity index (χ1n) is 6.29. The highest BCUT2D eigenvalue weighted by Gasteiger charge is 2.18. The number of aromatic carboxylic acids is 1. The van der Waals surface area contributed by atoms with Crippen molar-refractivity contribution in [1.82, 2.24) is 0 Å². The van der Waals surface area contributed by atoms with Crippen LogP contribution in [0.25, 0.3) is 0 Å². The van der Waals surface area contributed by atoms with E-state index in [4.69, 9.17) is 14.6 Å². The lowest BCUT2D eigenvalue weighted by molar-refractivity contribution is 0.0698. The second-order valence-corrected chi connectivity index (χ2v) is 5.37. The maximum absolute atomic E-state index is 11.2. The van der Waals surface area contributed by atoms with Crippen molar-refractivity contribution in [1.29, 1.82) is 0 Å². The van der Waals surface area contributed by atoms with E-state index in [1.165, 1.54) is 0 Å². The summed E-state index contributed by atoms with van der Waals surface area (Å²) >= 11 is 3.44. The summed E-state index contributed by atoms with van der Waals surface area (Å²) in [4.78, 5) is 11.2. The Balaban J connectivity index is 1.80. The molecular weight excluding hydrogens is 338 g/mol. The van der Waals surface area contributed by atoms with E-state index in [2.05, 4.69) is 21.2 Å². The van der Waals surface area contributed by atoms with Gasteiger partial charge in [-0.1, -0.05) is 12.1 Å². The van der Waals surface area contributed by atoms with Gasteiger partial charge in [0.15, 0.2) is 11.5 Å². The molecule has 0 fully saturated rings. The molecule has 0 aromatic heterocycles. The summed E-state index contributed by atoms with van der Waals surface area (Å²) in [6, 6.07) is 10.6. The first kappa shape index (κ1) is 13.8. The fourth-order valence-corrected chi connectivity index (χ4v) is 2.75. The molecule has 0 spiro atoms. The van der Waals surface area contributed by atoms with Gasteiger partial charge in [-0.25, -0.2) is 4.79 Å². The number of nitrogens with one attached hydrogen (secondary N) is 1. The normalized spacial score (nSPS) is 12.2. The Morgan fingerprint density at radius 2 is 2.10 bits per heavy atom. The van der Waals surface area contributed by atoms with Crippen LogP contribution in [0.3, 0.4) is 0 Å². The van der Waals surface area contributed by atoms with Crippen LogP contribution in [0.5, 0.6) is 11.5 Å². The Hall–Kier alpha value is -2.21. The van der Waals surface area contributed by atoms with E-state index >= 15 is 0 Å². The van der Waals surface area contributed by atoms with Crippen LogP contribution >= 0.6 is 15.9 Å². The maximum Gasteiger partial charge on any atom is 0.337 e. The molecular formula is C15H12BrNO4. The molecule has 0 amide bonds. The standard InChI is InChI=1S/C15H12BrNO4/c16-11-5-9(6-13-14(11)21-8-20-13)7-17-12-4-2-1-3-10(12)15(18)19/h1-6,17H,7-8H2,(H,18,19). The summed E-state index contributed by atoms with van der Waals surface area (Å²) in [6.45, 7) is 0.701. The van der Waals surface area contributed by atoms with Crippen LogP contribution in [0.15, 0.2) is 40.9 Å². The number of ether oxygens (including phenoxy) is 2. The maximum atomic E-state index is 11.2. The molecule has 0 aliphatic carbocycles. The van der Waals surface area contributed by atoms with Crippen molar-refractivity contribution in [3.05, 3.63) is 52.0 Å². The molecule has 0 saturated heterocycles. The number of halogens is 1. The highest BCUT2D eigenvalue weighted by atomic mass is 79.9. The summed E-state index contributed by atoms with van der Waals surface area (Å²) < 4.78 is 11.5. The minimum absolute atomic E-state index is 0.215. The Morgan fingerprint density at radius 3 is 2.90 bits per heavy atom. The summed E-state index contributed by atoms with van der Waals surface area (Å²) in [5, 5.41) is 12.3. The van der Waals surface area contributed by atoms with Crippen LogP contribution in [0, 0.1) is 0 Å². The molecule has 6 heteroatoms. The Labute approximate surface area is 129 Å². The van der Waals surface area contributed by atoms with Crippen LogP contribution < -0.4 is 14.8 Å². The molecule has 0 bridgehead atoms. The monoisotopic (exact) mass is 349 g/mol. The number of carboxylic acids is 1. The van der Waals surface area contributed by atoms with Crippen LogP contribution in [0.2, 0.25) is 0 Å². The number of para-hydroxylation sites is 1. The molecule has 2 aromatic carbocycles. The van der Waals surface area contributed by atoms with Crippen LogP contribution in [0.4, 0.5) is 5.69 Å². The van der Waals surface area contributed by atoms with E-state index in [1.807, 2.05) is 12.1 Å². The third-order valence-corrected chi connectivity index (χ3v) is 3.72. The number of anilines is 1. The predicted molar refractivity (Wildman–Crippen MR) is 81.0 cm³/mol. The van der Waals surface area contributed by atoms with Crippen molar-refractivity contribution in [3.63, 3.8) is 0 Å². The molecule has 0 radical (unpaired) electrons. The molecule has 108 valence electrons. The van der Waals surface area contributed by atoms with E-state index < -0.39 is 5.97 Å². The second kappa shape index (κ2) is 5.65. The molecule has 1 aliphatic rings. The number of carboxylic acid groups (broad SMARTS) is 1. The van der Waals surface area contributed by atoms with Crippen molar-refractivity contribution < 1.29 is 19.4 Å². The van der Waals surface area contributed by atoms with Crippen molar-refractivity contribution >= 4 is 27.6 Å². The topological polar surface area (TPSA) is 67.8 Å². The number of hydrogen-bond acceptors (Lipinski definition) is 4. The van der Waals surface area contributed by atoms with Crippen molar-refractivity contribution in [2.45, 2.75) is 6.54 Å². The molecule has 3 rings (SSSR count). The van der Waals surface area contributed by atoms with Gasteiger partial charge in [0.2, 0.25) is 6.79 Å². The fraction of sp³-hybridized carbons (Fsp3) is 0.133. The number of hydrogen-bond donors (Lipinski definition) is 2. The lowest BCUT2D eigenvalue weighted by Gasteiger charge is -2.10. The lowest BCUT2D eigenvalue weighted by Crippen LogP contribution is -2.06. The van der Waals surface area contributed by atoms with E-state index in [1.54, 1.807) is 24.3 Å². The van der Waals surface area contributed by atoms with E-state index in [9.17, 15) is 4.79 Å². The average molecular weight is 350 g/mol. The summed E-state index contributed by atoms with van der Waals surface area (Å²) in [5.41, 5.74) is 1.79. The minimum atomic E-state index is -0.954. The van der Waals surface area contributed by atoms with E-state index in [0.29, 0.717) is 23.7 Å². The average Bonchev–Trinajstić information content (AvgIpc) is 2.94. The smallest absolute Gasteiger partial charge is 0.337 e. The summed E-state index contributed by atoms with van der Waals surface area (Å²) in [6.07, 6.45) is 0. The number of benzene rings is 2. The van der Waals surface area contributed by atoms with Gasteiger partial charge in [-0.2, -0.15) is 0 Å². The van der Waals surface area contributed by atoms with Crippen LogP contribution in [0.1, 0.15) is 15.9 Å². The van der Waals surface area contributed by atoms with Gasteiger partial charge in [-0.3, -0.25) is 0 Å². The predicted octanol–water partition coefficient (Wildman–Crippen LogP) is 3.49. The highest BCUT2D eigenvalue weighted by molar-refractivity contribution is 9.10. The van der Waals surface area contributed by atoms with E-state index in [0.717, 1.165) is 10.0 Å². The van der Waals surface area contributed by atoms with Gasteiger partial charge in [0.25, 0.3) is 0 Å². The Morgan fingerprint density at radius 1 is 1.29 bits per heavy atom. The summed E-state index contributed by atoms with van der Waals surface area (Å²) in [7, 11) is 0.